The van der Waals surface area contributed by atoms with Crippen molar-refractivity contribution in [1.82, 2.24) is 0 Å². The van der Waals surface area contributed by atoms with Crippen molar-refractivity contribution in [2.24, 2.45) is 0 Å². The van der Waals surface area contributed by atoms with E-state index in [1.807, 2.05) is 56.3 Å². The van der Waals surface area contributed by atoms with E-state index >= 15 is 0 Å². The van der Waals surface area contributed by atoms with Crippen molar-refractivity contribution in [3.05, 3.63) is 76.2 Å². The lowest BCUT2D eigenvalue weighted by molar-refractivity contribution is 0.102. The van der Waals surface area contributed by atoms with Gasteiger partial charge in [-0.3, -0.25) is 9.59 Å². The average molecular weight is 435 g/mol. The Morgan fingerprint density at radius 2 is 1.61 bits per heavy atom. The average Bonchev–Trinajstić information content (AvgIpc) is 3.13. The van der Waals surface area contributed by atoms with Gasteiger partial charge >= 0.3 is 0 Å². The molecule has 1 aliphatic carbocycles. The highest BCUT2D eigenvalue weighted by molar-refractivity contribution is 7.17. The van der Waals surface area contributed by atoms with Crippen molar-refractivity contribution in [2.45, 2.75) is 45.6 Å². The third-order valence-electron chi connectivity index (χ3n) is 5.15. The zero-order chi connectivity index (χ0) is 21.8. The maximum atomic E-state index is 13.3. The summed E-state index contributed by atoms with van der Waals surface area (Å²) >= 11 is 1.52. The number of hydrogen-bond donors (Lipinski definition) is 2. The van der Waals surface area contributed by atoms with Crippen molar-refractivity contribution in [3.8, 4) is 5.75 Å². The molecule has 0 bridgehead atoms. The predicted molar refractivity (Wildman–Crippen MR) is 126 cm³/mol. The molecule has 1 aromatic heterocycles. The molecule has 4 rings (SSSR count). The van der Waals surface area contributed by atoms with E-state index in [2.05, 4.69) is 10.6 Å². The maximum absolute atomic E-state index is 13.3. The van der Waals surface area contributed by atoms with Gasteiger partial charge in [0.15, 0.2) is 0 Å². The van der Waals surface area contributed by atoms with Crippen molar-refractivity contribution in [2.75, 3.05) is 10.6 Å². The summed E-state index contributed by atoms with van der Waals surface area (Å²) in [7, 11) is 0. The second-order valence-corrected chi connectivity index (χ2v) is 8.99. The summed E-state index contributed by atoms with van der Waals surface area (Å²) in [6.07, 6.45) is 4.06. The Balaban J connectivity index is 1.58. The van der Waals surface area contributed by atoms with Crippen LogP contribution < -0.4 is 15.4 Å². The molecule has 2 amide bonds. The minimum atomic E-state index is -0.205. The Kier molecular flexibility index (Phi) is 6.37. The van der Waals surface area contributed by atoms with E-state index < -0.39 is 0 Å². The molecule has 160 valence electrons. The molecule has 0 aliphatic heterocycles. The number of hydrogen-bond acceptors (Lipinski definition) is 4. The molecule has 0 atom stereocenters. The molecule has 0 radical (unpaired) electrons. The number of carbonyl (C=O) groups excluding carboxylic acids is 2. The summed E-state index contributed by atoms with van der Waals surface area (Å²) in [5, 5.41) is 6.59. The molecule has 6 heteroatoms. The molecule has 31 heavy (non-hydrogen) atoms. The standard InChI is InChI=1S/C25H26N2O3S/c1-16(2)30-19-14-12-18(13-15-19)26-24(29)22-20-10-6-7-11-21(20)31-25(22)27-23(28)17-8-4-3-5-9-17/h3-5,8-9,12-16H,6-7,10-11H2,1-2H3,(H,26,29)(H,27,28). The first-order chi connectivity index (χ1) is 15.0. The van der Waals surface area contributed by atoms with Crippen LogP contribution in [0.3, 0.4) is 0 Å². The largest absolute Gasteiger partial charge is 0.491 e. The normalized spacial score (nSPS) is 12.9. The van der Waals surface area contributed by atoms with Crippen LogP contribution >= 0.6 is 11.3 Å². The molecular weight excluding hydrogens is 408 g/mol. The van der Waals surface area contributed by atoms with Gasteiger partial charge in [-0.2, -0.15) is 0 Å². The highest BCUT2D eigenvalue weighted by Gasteiger charge is 2.26. The third-order valence-corrected chi connectivity index (χ3v) is 6.35. The summed E-state index contributed by atoms with van der Waals surface area (Å²) in [5.41, 5.74) is 2.92. The Bertz CT molecular complexity index is 1070. The Hall–Kier alpha value is -3.12. The molecule has 0 saturated heterocycles. The van der Waals surface area contributed by atoms with Gasteiger partial charge in [-0.25, -0.2) is 0 Å². The maximum Gasteiger partial charge on any atom is 0.258 e. The van der Waals surface area contributed by atoms with Gasteiger partial charge in [-0.05, 0) is 81.5 Å². The first-order valence-corrected chi connectivity index (χ1v) is 11.4. The summed E-state index contributed by atoms with van der Waals surface area (Å²) in [6, 6.07) is 16.4. The number of rotatable bonds is 6. The Morgan fingerprint density at radius 1 is 0.903 bits per heavy atom. The van der Waals surface area contributed by atoms with Gasteiger partial charge in [-0.1, -0.05) is 18.2 Å². The van der Waals surface area contributed by atoms with Gasteiger partial charge in [0.2, 0.25) is 0 Å². The number of ether oxygens (including phenoxy) is 1. The zero-order valence-electron chi connectivity index (χ0n) is 17.7. The van der Waals surface area contributed by atoms with Crippen LogP contribution in [0.15, 0.2) is 54.6 Å². The second kappa shape index (κ2) is 9.35. The van der Waals surface area contributed by atoms with Gasteiger partial charge < -0.3 is 15.4 Å². The van der Waals surface area contributed by atoms with Crippen LogP contribution in [0.2, 0.25) is 0 Å². The van der Waals surface area contributed by atoms with Crippen LogP contribution in [0.1, 0.15) is 57.8 Å². The van der Waals surface area contributed by atoms with E-state index in [1.165, 1.54) is 16.2 Å². The Morgan fingerprint density at radius 3 is 2.32 bits per heavy atom. The molecule has 3 aromatic rings. The fourth-order valence-electron chi connectivity index (χ4n) is 3.74. The first kappa shape index (κ1) is 21.1. The van der Waals surface area contributed by atoms with Gasteiger partial charge in [0.1, 0.15) is 10.8 Å². The molecule has 1 heterocycles. The number of benzene rings is 2. The molecule has 0 fully saturated rings. The zero-order valence-corrected chi connectivity index (χ0v) is 18.6. The van der Waals surface area contributed by atoms with E-state index in [1.54, 1.807) is 12.1 Å². The van der Waals surface area contributed by atoms with Gasteiger partial charge in [0.05, 0.1) is 11.7 Å². The van der Waals surface area contributed by atoms with Gasteiger partial charge in [0, 0.05) is 16.1 Å². The van der Waals surface area contributed by atoms with Crippen LogP contribution in [0.5, 0.6) is 5.75 Å². The monoisotopic (exact) mass is 434 g/mol. The Labute approximate surface area is 186 Å². The van der Waals surface area contributed by atoms with Gasteiger partial charge in [0.25, 0.3) is 11.8 Å². The predicted octanol–water partition coefficient (Wildman–Crippen LogP) is 5.92. The van der Waals surface area contributed by atoms with Crippen LogP contribution in [0.4, 0.5) is 10.7 Å². The van der Waals surface area contributed by atoms with Crippen molar-refractivity contribution in [3.63, 3.8) is 0 Å². The molecule has 0 spiro atoms. The van der Waals surface area contributed by atoms with E-state index in [0.717, 1.165) is 37.0 Å². The number of thiophene rings is 1. The fraction of sp³-hybridized carbons (Fsp3) is 0.280. The minimum absolute atomic E-state index is 0.0913. The molecule has 2 aromatic carbocycles. The first-order valence-electron chi connectivity index (χ1n) is 10.6. The summed E-state index contributed by atoms with van der Waals surface area (Å²) in [6.45, 7) is 3.95. The second-order valence-electron chi connectivity index (χ2n) is 7.88. The minimum Gasteiger partial charge on any atom is -0.491 e. The van der Waals surface area contributed by atoms with E-state index in [4.69, 9.17) is 4.74 Å². The number of amides is 2. The molecule has 1 aliphatic rings. The number of anilines is 2. The van der Waals surface area contributed by atoms with Crippen LogP contribution in [0.25, 0.3) is 0 Å². The number of fused-ring (bicyclic) bond motifs is 1. The fourth-order valence-corrected chi connectivity index (χ4v) is 5.02. The van der Waals surface area contributed by atoms with Crippen LogP contribution in [-0.4, -0.2) is 17.9 Å². The summed E-state index contributed by atoms with van der Waals surface area (Å²) in [5.74, 6) is 0.362. The van der Waals surface area contributed by atoms with Crippen molar-refractivity contribution < 1.29 is 14.3 Å². The molecular formula is C25H26N2O3S. The van der Waals surface area contributed by atoms with E-state index in [0.29, 0.717) is 21.8 Å². The van der Waals surface area contributed by atoms with Crippen molar-refractivity contribution in [1.29, 1.82) is 0 Å². The molecule has 0 saturated carbocycles. The molecule has 2 N–H and O–H groups in total. The summed E-state index contributed by atoms with van der Waals surface area (Å²) < 4.78 is 5.67. The SMILES string of the molecule is CC(C)Oc1ccc(NC(=O)c2c(NC(=O)c3ccccc3)sc3c2CCCC3)cc1. The number of nitrogens with one attached hydrogen (secondary N) is 2. The summed E-state index contributed by atoms with van der Waals surface area (Å²) in [4.78, 5) is 27.2. The molecule has 0 unspecified atom stereocenters. The lowest BCUT2D eigenvalue weighted by atomic mass is 9.95. The lowest BCUT2D eigenvalue weighted by Gasteiger charge is -2.14. The van der Waals surface area contributed by atoms with Crippen LogP contribution in [0, 0.1) is 0 Å². The van der Waals surface area contributed by atoms with Crippen LogP contribution in [-0.2, 0) is 12.8 Å². The smallest absolute Gasteiger partial charge is 0.258 e. The van der Waals surface area contributed by atoms with E-state index in [-0.39, 0.29) is 17.9 Å². The number of aryl methyl sites for hydroxylation is 1. The van der Waals surface area contributed by atoms with Crippen molar-refractivity contribution >= 4 is 33.8 Å². The quantitative estimate of drug-likeness (QED) is 0.506. The highest BCUT2D eigenvalue weighted by Crippen LogP contribution is 2.38. The lowest BCUT2D eigenvalue weighted by Crippen LogP contribution is -2.18. The van der Waals surface area contributed by atoms with E-state index in [9.17, 15) is 9.59 Å². The number of carbonyl (C=O) groups is 2. The topological polar surface area (TPSA) is 67.4 Å². The third kappa shape index (κ3) is 4.97. The molecule has 5 nitrogen and oxygen atoms in total. The van der Waals surface area contributed by atoms with Gasteiger partial charge in [-0.15, -0.1) is 11.3 Å². The highest BCUT2D eigenvalue weighted by atomic mass is 32.1.